The average Bonchev–Trinajstić information content (AvgIpc) is 2.76. The zero-order chi connectivity index (χ0) is 21.8. The molecule has 0 atom stereocenters. The van der Waals surface area contributed by atoms with Gasteiger partial charge < -0.3 is 20.4 Å². The molecule has 4 aromatic carbocycles. The number of hydrogen-bond acceptors (Lipinski definition) is 4. The van der Waals surface area contributed by atoms with Crippen LogP contribution in [0.1, 0.15) is 33.4 Å². The van der Waals surface area contributed by atoms with Crippen LogP contribution in [0.2, 0.25) is 0 Å². The van der Waals surface area contributed by atoms with Crippen LogP contribution in [0.5, 0.6) is 23.0 Å². The van der Waals surface area contributed by atoms with Crippen molar-refractivity contribution in [2.24, 2.45) is 0 Å². The van der Waals surface area contributed by atoms with Crippen molar-refractivity contribution in [2.45, 2.75) is 19.3 Å². The van der Waals surface area contributed by atoms with Crippen molar-refractivity contribution in [3.05, 3.63) is 118 Å². The first-order valence-electron chi connectivity index (χ1n) is 10.1. The molecule has 0 N–H and O–H groups in total. The van der Waals surface area contributed by atoms with Crippen LogP contribution in [-0.4, -0.2) is 0 Å². The monoisotopic (exact) mass is 564 g/mol. The fourth-order valence-electron chi connectivity index (χ4n) is 3.75. The third-order valence-electron chi connectivity index (χ3n) is 5.44. The minimum atomic E-state index is -0.152. The van der Waals surface area contributed by atoms with Crippen LogP contribution in [0.15, 0.2) is 84.9 Å². The minimum Gasteiger partial charge on any atom is -0.872 e. The molecule has 0 heterocycles. The summed E-state index contributed by atoms with van der Waals surface area (Å²) in [7, 11) is 0. The molecule has 0 aliphatic rings. The Hall–Kier alpha value is 2.63. The quantitative estimate of drug-likeness (QED) is 0.218. The van der Waals surface area contributed by atoms with Crippen LogP contribution >= 0.6 is 0 Å². The minimum absolute atomic E-state index is 0. The summed E-state index contributed by atoms with van der Waals surface area (Å²) in [5.41, 5.74) is 3.23. The maximum Gasteiger partial charge on any atom is 1.00 e. The van der Waals surface area contributed by atoms with Crippen molar-refractivity contribution in [1.82, 2.24) is 0 Å². The van der Waals surface area contributed by atoms with E-state index in [-0.39, 0.29) is 248 Å². The predicted molar refractivity (Wildman–Crippen MR) is 112 cm³/mol. The topological polar surface area (TPSA) is 92.2 Å². The molecule has 0 fully saturated rings. The van der Waals surface area contributed by atoms with Gasteiger partial charge in [-0.1, -0.05) is 118 Å². The van der Waals surface area contributed by atoms with Gasteiger partial charge in [-0.05, 0) is 19.3 Å². The second kappa shape index (κ2) is 18.9. The molecule has 156 valence electrons. The summed E-state index contributed by atoms with van der Waals surface area (Å²) < 4.78 is 0. The normalized spacial score (nSPS) is 9.60. The molecular weight excluding hydrogens is 545 g/mol. The fraction of sp³-hybridized carbons (Fsp3) is 0.111. The SMILES string of the molecule is [K+].[K+].[K+].[K+].[O-]c1ccccc1Cc1cccc(Cc2cccc(Cc3ccccc3[O-])c2[O-])c1[O-]. The molecule has 0 amide bonds. The molecule has 4 rings (SSSR count). The van der Waals surface area contributed by atoms with Crippen molar-refractivity contribution in [3.8, 4) is 23.0 Å². The molecule has 35 heavy (non-hydrogen) atoms. The zero-order valence-electron chi connectivity index (χ0n) is 20.8. The van der Waals surface area contributed by atoms with E-state index in [9.17, 15) is 20.4 Å². The van der Waals surface area contributed by atoms with E-state index in [2.05, 4.69) is 0 Å². The molecule has 0 saturated heterocycles. The molecule has 0 radical (unpaired) electrons. The van der Waals surface area contributed by atoms with Crippen LogP contribution in [0, 0.1) is 0 Å². The van der Waals surface area contributed by atoms with Gasteiger partial charge >= 0.3 is 206 Å². The zero-order valence-corrected chi connectivity index (χ0v) is 33.3. The van der Waals surface area contributed by atoms with E-state index in [1.54, 1.807) is 72.8 Å². The summed E-state index contributed by atoms with van der Waals surface area (Å²) in [6, 6.07) is 23.8. The van der Waals surface area contributed by atoms with E-state index in [1.165, 1.54) is 12.1 Å². The van der Waals surface area contributed by atoms with E-state index in [1.807, 2.05) is 0 Å². The van der Waals surface area contributed by atoms with Gasteiger partial charge in [0, 0.05) is 0 Å². The summed E-state index contributed by atoms with van der Waals surface area (Å²) in [6.07, 6.45) is 0.727. The summed E-state index contributed by atoms with van der Waals surface area (Å²) in [6.45, 7) is 0. The van der Waals surface area contributed by atoms with Gasteiger partial charge in [-0.3, -0.25) is 0 Å². The summed E-state index contributed by atoms with van der Waals surface area (Å²) >= 11 is 0. The number of benzene rings is 4. The number of para-hydroxylation sites is 4. The smallest absolute Gasteiger partial charge is 0.872 e. The van der Waals surface area contributed by atoms with E-state index in [0.717, 1.165) is 0 Å². The summed E-state index contributed by atoms with van der Waals surface area (Å²) in [5, 5.41) is 50.0. The molecule has 4 nitrogen and oxygen atoms in total. The Bertz CT molecular complexity index is 1140. The fourth-order valence-corrected chi connectivity index (χ4v) is 3.75. The molecule has 0 spiro atoms. The molecule has 0 aromatic heterocycles. The van der Waals surface area contributed by atoms with Gasteiger partial charge in [0.25, 0.3) is 0 Å². The van der Waals surface area contributed by atoms with Gasteiger partial charge in [0.2, 0.25) is 0 Å². The molecule has 4 aromatic rings. The van der Waals surface area contributed by atoms with Crippen LogP contribution in [0.4, 0.5) is 0 Å². The Morgan fingerprint density at radius 2 is 0.600 bits per heavy atom. The Morgan fingerprint density at radius 1 is 0.343 bits per heavy atom. The molecule has 8 heteroatoms. The van der Waals surface area contributed by atoms with Crippen LogP contribution in [0.25, 0.3) is 0 Å². The van der Waals surface area contributed by atoms with Gasteiger partial charge in [0.1, 0.15) is 0 Å². The van der Waals surface area contributed by atoms with E-state index < -0.39 is 0 Å². The van der Waals surface area contributed by atoms with Crippen LogP contribution < -0.4 is 226 Å². The average molecular weight is 565 g/mol. The van der Waals surface area contributed by atoms with Crippen LogP contribution in [0.3, 0.4) is 0 Å². The van der Waals surface area contributed by atoms with Gasteiger partial charge in [0.05, 0.1) is 0 Å². The Kier molecular flexibility index (Phi) is 20.3. The molecule has 0 saturated carbocycles. The molecule has 0 unspecified atom stereocenters. The molecule has 0 aliphatic heterocycles. The van der Waals surface area contributed by atoms with Crippen molar-refractivity contribution in [2.75, 3.05) is 0 Å². The standard InChI is InChI=1S/C27H24O4.4K/c28-24-13-3-1-7-18(24)15-20-9-5-11-22(26(20)30)17-23-12-6-10-21(27(23)31)16-19-8-2-4-14-25(19)29;;;;/h1-14,28-31H,15-17H2;;;;/q;4*+1/p-4. The number of rotatable bonds is 6. The van der Waals surface area contributed by atoms with Crippen molar-refractivity contribution in [1.29, 1.82) is 0 Å². The number of hydrogen-bond donors (Lipinski definition) is 0. The first-order chi connectivity index (χ1) is 15.0. The molecular formula is C27H20K4O4. The van der Waals surface area contributed by atoms with Gasteiger partial charge in [-0.25, -0.2) is 0 Å². The Labute approximate surface area is 377 Å². The molecule has 0 bridgehead atoms. The second-order valence-electron chi connectivity index (χ2n) is 7.56. The first-order valence-corrected chi connectivity index (χ1v) is 10.1. The first kappa shape index (κ1) is 37.6. The maximum absolute atomic E-state index is 13.0. The van der Waals surface area contributed by atoms with Gasteiger partial charge in [-0.2, -0.15) is 0 Å². The summed E-state index contributed by atoms with van der Waals surface area (Å²) in [5.74, 6) is -0.498. The third kappa shape index (κ3) is 10.5. The van der Waals surface area contributed by atoms with Crippen LogP contribution in [-0.2, 0) is 19.3 Å². The molecule has 0 aliphatic carbocycles. The second-order valence-corrected chi connectivity index (χ2v) is 7.56. The third-order valence-corrected chi connectivity index (χ3v) is 5.44. The van der Waals surface area contributed by atoms with E-state index in [4.69, 9.17) is 0 Å². The van der Waals surface area contributed by atoms with Crippen molar-refractivity contribution >= 4 is 0 Å². The van der Waals surface area contributed by atoms with Crippen molar-refractivity contribution in [3.63, 3.8) is 0 Å². The van der Waals surface area contributed by atoms with Crippen molar-refractivity contribution < 1.29 is 226 Å². The Balaban J connectivity index is 0.00000289. The van der Waals surface area contributed by atoms with E-state index >= 15 is 0 Å². The summed E-state index contributed by atoms with van der Waals surface area (Å²) in [4.78, 5) is 0. The Morgan fingerprint density at radius 3 is 0.914 bits per heavy atom. The van der Waals surface area contributed by atoms with E-state index in [0.29, 0.717) is 33.4 Å². The largest absolute Gasteiger partial charge is 1.00 e. The van der Waals surface area contributed by atoms with Gasteiger partial charge in [-0.15, -0.1) is 23.0 Å². The predicted octanol–water partition coefficient (Wildman–Crippen LogP) is -9.23. The van der Waals surface area contributed by atoms with Gasteiger partial charge in [0.15, 0.2) is 0 Å². The maximum atomic E-state index is 13.0.